The summed E-state index contributed by atoms with van der Waals surface area (Å²) >= 11 is 0. The minimum absolute atomic E-state index is 0.879. The van der Waals surface area contributed by atoms with Crippen LogP contribution in [-0.4, -0.2) is 36.4 Å². The van der Waals surface area contributed by atoms with Gasteiger partial charge in [-0.2, -0.15) is 5.10 Å². The molecule has 4 nitrogen and oxygen atoms in total. The van der Waals surface area contributed by atoms with E-state index in [-0.39, 0.29) is 0 Å². The molecule has 2 aliphatic rings. The predicted molar refractivity (Wildman–Crippen MR) is 108 cm³/mol. The summed E-state index contributed by atoms with van der Waals surface area (Å²) < 4.78 is 0. The summed E-state index contributed by atoms with van der Waals surface area (Å²) in [5, 5.41) is 8.57. The summed E-state index contributed by atoms with van der Waals surface area (Å²) in [5.41, 5.74) is 3.72. The Labute approximate surface area is 157 Å². The summed E-state index contributed by atoms with van der Waals surface area (Å²) in [4.78, 5) is 4.97. The van der Waals surface area contributed by atoms with E-state index >= 15 is 0 Å². The highest BCUT2D eigenvalue weighted by Gasteiger charge is 2.30. The Morgan fingerprint density at radius 3 is 1.81 bits per heavy atom. The second-order valence-corrected chi connectivity index (χ2v) is 8.02. The topological polar surface area (TPSA) is 32.3 Å². The number of rotatable bonds is 3. The molecular weight excluding hydrogens is 320 g/mol. The van der Waals surface area contributed by atoms with Crippen molar-refractivity contribution >= 4 is 11.5 Å². The van der Waals surface area contributed by atoms with Crippen LogP contribution >= 0.6 is 0 Å². The van der Waals surface area contributed by atoms with Gasteiger partial charge in [0.2, 0.25) is 0 Å². The van der Waals surface area contributed by atoms with E-state index < -0.39 is 0 Å². The Bertz CT molecular complexity index is 630. The first-order chi connectivity index (χ1) is 12.7. The molecule has 0 saturated carbocycles. The monoisotopic (exact) mass is 350 g/mol. The predicted octanol–water partition coefficient (Wildman–Crippen LogP) is 4.23. The average Bonchev–Trinajstić information content (AvgIpc) is 2.70. The lowest BCUT2D eigenvalue weighted by atomic mass is 9.78. The van der Waals surface area contributed by atoms with Crippen LogP contribution < -0.4 is 9.80 Å². The van der Waals surface area contributed by atoms with E-state index in [2.05, 4.69) is 63.3 Å². The Balaban J connectivity index is 1.28. The number of benzene rings is 1. The Hall–Kier alpha value is -2.10. The van der Waals surface area contributed by atoms with Crippen molar-refractivity contribution in [3.05, 3.63) is 47.7 Å². The van der Waals surface area contributed by atoms with E-state index in [4.69, 9.17) is 0 Å². The maximum absolute atomic E-state index is 4.36. The molecule has 3 heterocycles. The molecule has 0 N–H and O–H groups in total. The van der Waals surface area contributed by atoms with Gasteiger partial charge in [-0.3, -0.25) is 0 Å². The molecule has 0 spiro atoms. The van der Waals surface area contributed by atoms with Gasteiger partial charge in [0.15, 0.2) is 5.82 Å². The standard InChI is InChI=1S/C22H30N4/c1-17-3-6-21(7-4-17)25-13-9-19(10-14-25)20-11-15-26(16-12-20)22-8-5-18(2)23-24-22/h3-8,19-20H,9-16H2,1-2H3. The van der Waals surface area contributed by atoms with Crippen LogP contribution in [0.2, 0.25) is 0 Å². The molecule has 4 heteroatoms. The maximum Gasteiger partial charge on any atom is 0.151 e. The normalized spacial score (nSPS) is 19.8. The van der Waals surface area contributed by atoms with Crippen molar-refractivity contribution in [2.24, 2.45) is 11.8 Å². The van der Waals surface area contributed by atoms with Crippen molar-refractivity contribution < 1.29 is 0 Å². The highest BCUT2D eigenvalue weighted by atomic mass is 15.3. The van der Waals surface area contributed by atoms with Crippen LogP contribution in [0, 0.1) is 25.7 Å². The first-order valence-corrected chi connectivity index (χ1v) is 10.1. The molecule has 2 fully saturated rings. The Morgan fingerprint density at radius 2 is 1.27 bits per heavy atom. The third-order valence-electron chi connectivity index (χ3n) is 6.25. The third-order valence-corrected chi connectivity index (χ3v) is 6.25. The van der Waals surface area contributed by atoms with E-state index in [1.807, 2.05) is 6.92 Å². The highest BCUT2D eigenvalue weighted by Crippen LogP contribution is 2.34. The van der Waals surface area contributed by atoms with Crippen molar-refractivity contribution in [3.63, 3.8) is 0 Å². The van der Waals surface area contributed by atoms with Crippen molar-refractivity contribution in [1.29, 1.82) is 0 Å². The fourth-order valence-corrected chi connectivity index (χ4v) is 4.55. The molecule has 1 aromatic carbocycles. The second-order valence-electron chi connectivity index (χ2n) is 8.02. The first-order valence-electron chi connectivity index (χ1n) is 10.1. The molecule has 138 valence electrons. The van der Waals surface area contributed by atoms with Crippen LogP contribution in [-0.2, 0) is 0 Å². The highest BCUT2D eigenvalue weighted by molar-refractivity contribution is 5.47. The molecule has 2 aliphatic heterocycles. The zero-order valence-corrected chi connectivity index (χ0v) is 16.1. The molecule has 0 amide bonds. The number of piperidine rings is 2. The average molecular weight is 351 g/mol. The van der Waals surface area contributed by atoms with Crippen molar-refractivity contribution in [3.8, 4) is 0 Å². The molecule has 26 heavy (non-hydrogen) atoms. The molecular formula is C22H30N4. The van der Waals surface area contributed by atoms with Gasteiger partial charge in [-0.15, -0.1) is 5.10 Å². The number of hydrogen-bond acceptors (Lipinski definition) is 4. The van der Waals surface area contributed by atoms with Gasteiger partial charge in [0, 0.05) is 31.9 Å². The molecule has 0 aliphatic carbocycles. The molecule has 2 aromatic rings. The van der Waals surface area contributed by atoms with Gasteiger partial charge in [-0.1, -0.05) is 17.7 Å². The van der Waals surface area contributed by atoms with Gasteiger partial charge in [0.1, 0.15) is 0 Å². The SMILES string of the molecule is Cc1ccc(N2CCC(C3CCN(c4ccc(C)nn4)CC3)CC2)cc1. The Morgan fingerprint density at radius 1 is 0.692 bits per heavy atom. The second kappa shape index (κ2) is 7.65. The van der Waals surface area contributed by atoms with Gasteiger partial charge in [-0.25, -0.2) is 0 Å². The minimum Gasteiger partial charge on any atom is -0.372 e. The number of aromatic nitrogens is 2. The number of aryl methyl sites for hydroxylation is 2. The van der Waals surface area contributed by atoms with Gasteiger partial charge >= 0.3 is 0 Å². The quantitative estimate of drug-likeness (QED) is 0.829. The zero-order valence-electron chi connectivity index (χ0n) is 16.1. The molecule has 0 atom stereocenters. The zero-order chi connectivity index (χ0) is 17.9. The summed E-state index contributed by atoms with van der Waals surface area (Å²) in [5.74, 6) is 2.82. The summed E-state index contributed by atoms with van der Waals surface area (Å²) in [6, 6.07) is 13.2. The van der Waals surface area contributed by atoms with E-state index in [1.165, 1.54) is 50.0 Å². The number of anilines is 2. The largest absolute Gasteiger partial charge is 0.372 e. The van der Waals surface area contributed by atoms with E-state index in [0.717, 1.165) is 36.4 Å². The van der Waals surface area contributed by atoms with Crippen molar-refractivity contribution in [2.45, 2.75) is 39.5 Å². The lowest BCUT2D eigenvalue weighted by Crippen LogP contribution is -2.41. The molecule has 2 saturated heterocycles. The molecule has 0 bridgehead atoms. The van der Waals surface area contributed by atoms with Crippen LogP contribution in [0.1, 0.15) is 36.9 Å². The van der Waals surface area contributed by atoms with E-state index in [1.54, 1.807) is 0 Å². The fraction of sp³-hybridized carbons (Fsp3) is 0.545. The van der Waals surface area contributed by atoms with Crippen LogP contribution in [0.4, 0.5) is 11.5 Å². The molecule has 1 aromatic heterocycles. The van der Waals surface area contributed by atoms with Gasteiger partial charge < -0.3 is 9.80 Å². The van der Waals surface area contributed by atoms with Crippen LogP contribution in [0.3, 0.4) is 0 Å². The van der Waals surface area contributed by atoms with Gasteiger partial charge in [0.05, 0.1) is 5.69 Å². The molecule has 0 unspecified atom stereocenters. The summed E-state index contributed by atoms with van der Waals surface area (Å²) in [6.07, 6.45) is 5.27. The fourth-order valence-electron chi connectivity index (χ4n) is 4.55. The minimum atomic E-state index is 0.879. The first kappa shape index (κ1) is 17.3. The number of nitrogens with zero attached hydrogens (tertiary/aromatic N) is 4. The van der Waals surface area contributed by atoms with Crippen LogP contribution in [0.15, 0.2) is 36.4 Å². The van der Waals surface area contributed by atoms with Gasteiger partial charge in [0.25, 0.3) is 0 Å². The summed E-state index contributed by atoms with van der Waals surface area (Å²) in [6.45, 7) is 8.81. The van der Waals surface area contributed by atoms with E-state index in [0.29, 0.717) is 0 Å². The lowest BCUT2D eigenvalue weighted by Gasteiger charge is -2.41. The van der Waals surface area contributed by atoms with Crippen LogP contribution in [0.5, 0.6) is 0 Å². The lowest BCUT2D eigenvalue weighted by molar-refractivity contribution is 0.232. The molecule has 4 rings (SSSR count). The van der Waals surface area contributed by atoms with Gasteiger partial charge in [-0.05, 0) is 75.6 Å². The third kappa shape index (κ3) is 3.84. The molecule has 0 radical (unpaired) electrons. The maximum atomic E-state index is 4.36. The van der Waals surface area contributed by atoms with E-state index in [9.17, 15) is 0 Å². The number of hydrogen-bond donors (Lipinski definition) is 0. The van der Waals surface area contributed by atoms with Crippen molar-refractivity contribution in [2.75, 3.05) is 36.0 Å². The van der Waals surface area contributed by atoms with Crippen LogP contribution in [0.25, 0.3) is 0 Å². The summed E-state index contributed by atoms with van der Waals surface area (Å²) in [7, 11) is 0. The Kier molecular flexibility index (Phi) is 5.09. The van der Waals surface area contributed by atoms with Crippen molar-refractivity contribution in [1.82, 2.24) is 10.2 Å². The smallest absolute Gasteiger partial charge is 0.151 e.